The number of carbonyl (C=O) groups excluding carboxylic acids is 1. The number of halogens is 1. The van der Waals surface area contributed by atoms with Gasteiger partial charge < -0.3 is 9.90 Å². The van der Waals surface area contributed by atoms with Crippen LogP contribution in [0.5, 0.6) is 0 Å². The number of carbonyl (C=O) groups is 1. The van der Waals surface area contributed by atoms with Gasteiger partial charge in [-0.05, 0) is 12.1 Å². The number of carboxylic acid groups (broad SMARTS) is 1. The van der Waals surface area contributed by atoms with E-state index in [0.717, 1.165) is 6.07 Å². The molecule has 1 aromatic rings. The van der Waals surface area contributed by atoms with Gasteiger partial charge >= 0.3 is 29.6 Å². The SMILES string of the molecule is CC.O=C([O-])Cc1ncccc1F.[Na+]. The maximum absolute atomic E-state index is 12.6. The van der Waals surface area contributed by atoms with Gasteiger partial charge in [0.15, 0.2) is 0 Å². The minimum atomic E-state index is -1.33. The number of nitrogens with zero attached hydrogens (tertiary/aromatic N) is 1. The van der Waals surface area contributed by atoms with Crippen LogP contribution in [-0.2, 0) is 11.2 Å². The summed E-state index contributed by atoms with van der Waals surface area (Å²) >= 11 is 0. The molecule has 0 fully saturated rings. The van der Waals surface area contributed by atoms with Crippen LogP contribution in [0.3, 0.4) is 0 Å². The Morgan fingerprint density at radius 2 is 2.14 bits per heavy atom. The van der Waals surface area contributed by atoms with Crippen molar-refractivity contribution in [2.45, 2.75) is 20.3 Å². The summed E-state index contributed by atoms with van der Waals surface area (Å²) < 4.78 is 12.6. The summed E-state index contributed by atoms with van der Waals surface area (Å²) in [5.74, 6) is -1.95. The molecule has 1 aromatic heterocycles. The van der Waals surface area contributed by atoms with Crippen LogP contribution in [0.25, 0.3) is 0 Å². The predicted molar refractivity (Wildman–Crippen MR) is 44.3 cm³/mol. The van der Waals surface area contributed by atoms with Crippen LogP contribution in [0.1, 0.15) is 19.5 Å². The third kappa shape index (κ3) is 6.07. The summed E-state index contributed by atoms with van der Waals surface area (Å²) in [6, 6.07) is 2.55. The van der Waals surface area contributed by atoms with Gasteiger partial charge in [-0.25, -0.2) is 4.39 Å². The molecular formula is C9H11FNNaO2. The molecule has 0 bridgehead atoms. The molecule has 0 amide bonds. The topological polar surface area (TPSA) is 53.0 Å². The fraction of sp³-hybridized carbons (Fsp3) is 0.333. The number of hydrogen-bond donors (Lipinski definition) is 0. The number of aliphatic carboxylic acids is 1. The number of carboxylic acids is 1. The molecule has 0 saturated heterocycles. The first-order valence-electron chi connectivity index (χ1n) is 3.99. The van der Waals surface area contributed by atoms with Crippen LogP contribution < -0.4 is 34.7 Å². The maximum atomic E-state index is 12.6. The van der Waals surface area contributed by atoms with E-state index in [1.165, 1.54) is 12.3 Å². The second-order valence-electron chi connectivity index (χ2n) is 1.98. The molecule has 14 heavy (non-hydrogen) atoms. The van der Waals surface area contributed by atoms with Crippen molar-refractivity contribution in [1.82, 2.24) is 4.98 Å². The Labute approximate surface area is 105 Å². The van der Waals surface area contributed by atoms with Crippen molar-refractivity contribution in [3.63, 3.8) is 0 Å². The Balaban J connectivity index is 0. The second kappa shape index (κ2) is 9.12. The fourth-order valence-electron chi connectivity index (χ4n) is 0.685. The molecule has 0 radical (unpaired) electrons. The first kappa shape index (κ1) is 16.0. The van der Waals surface area contributed by atoms with Crippen molar-refractivity contribution in [1.29, 1.82) is 0 Å². The van der Waals surface area contributed by atoms with Gasteiger partial charge in [0.25, 0.3) is 0 Å². The number of pyridine rings is 1. The van der Waals surface area contributed by atoms with Crippen LogP contribution in [0.15, 0.2) is 18.3 Å². The molecule has 0 spiro atoms. The average Bonchev–Trinajstić information content (AvgIpc) is 2.12. The second-order valence-corrected chi connectivity index (χ2v) is 1.98. The van der Waals surface area contributed by atoms with Crippen molar-refractivity contribution in [3.8, 4) is 0 Å². The Hall–Kier alpha value is -0.450. The number of rotatable bonds is 2. The van der Waals surface area contributed by atoms with Gasteiger partial charge in [0.05, 0.1) is 5.69 Å². The van der Waals surface area contributed by atoms with Gasteiger partial charge in [0.1, 0.15) is 5.82 Å². The Bertz CT molecular complexity index is 281. The smallest absolute Gasteiger partial charge is 0.550 e. The summed E-state index contributed by atoms with van der Waals surface area (Å²) in [5.41, 5.74) is -0.0903. The zero-order valence-corrected chi connectivity index (χ0v) is 10.6. The summed E-state index contributed by atoms with van der Waals surface area (Å²) in [6.07, 6.45) is 0.855. The van der Waals surface area contributed by atoms with E-state index in [0.29, 0.717) is 0 Å². The van der Waals surface area contributed by atoms with Crippen LogP contribution in [0, 0.1) is 5.82 Å². The van der Waals surface area contributed by atoms with E-state index >= 15 is 0 Å². The molecule has 0 unspecified atom stereocenters. The van der Waals surface area contributed by atoms with Crippen LogP contribution >= 0.6 is 0 Å². The molecule has 0 N–H and O–H groups in total. The molecule has 1 heterocycles. The molecule has 72 valence electrons. The van der Waals surface area contributed by atoms with E-state index in [-0.39, 0.29) is 35.3 Å². The summed E-state index contributed by atoms with van der Waals surface area (Å²) in [6.45, 7) is 4.00. The molecule has 0 atom stereocenters. The minimum absolute atomic E-state index is 0. The van der Waals surface area contributed by atoms with E-state index in [1.54, 1.807) is 0 Å². The zero-order chi connectivity index (χ0) is 10.3. The van der Waals surface area contributed by atoms with Crippen molar-refractivity contribution >= 4 is 5.97 Å². The van der Waals surface area contributed by atoms with Crippen LogP contribution in [0.4, 0.5) is 4.39 Å². The summed E-state index contributed by atoms with van der Waals surface area (Å²) in [4.78, 5) is 13.5. The van der Waals surface area contributed by atoms with Gasteiger partial charge in [0.2, 0.25) is 0 Å². The van der Waals surface area contributed by atoms with Crippen molar-refractivity contribution < 1.29 is 43.8 Å². The molecule has 5 heteroatoms. The van der Waals surface area contributed by atoms with E-state index in [4.69, 9.17) is 0 Å². The van der Waals surface area contributed by atoms with E-state index < -0.39 is 18.2 Å². The van der Waals surface area contributed by atoms with Gasteiger partial charge in [-0.2, -0.15) is 0 Å². The Morgan fingerprint density at radius 1 is 1.57 bits per heavy atom. The Morgan fingerprint density at radius 3 is 2.57 bits per heavy atom. The fourth-order valence-corrected chi connectivity index (χ4v) is 0.685. The third-order valence-electron chi connectivity index (χ3n) is 1.15. The third-order valence-corrected chi connectivity index (χ3v) is 1.15. The molecule has 0 aliphatic rings. The van der Waals surface area contributed by atoms with E-state index in [2.05, 4.69) is 4.98 Å². The first-order chi connectivity index (χ1) is 6.20. The number of aromatic nitrogens is 1. The van der Waals surface area contributed by atoms with E-state index in [9.17, 15) is 14.3 Å². The van der Waals surface area contributed by atoms with Crippen LogP contribution in [0.2, 0.25) is 0 Å². The minimum Gasteiger partial charge on any atom is -0.550 e. The molecule has 3 nitrogen and oxygen atoms in total. The quantitative estimate of drug-likeness (QED) is 0.506. The van der Waals surface area contributed by atoms with Gasteiger partial charge in [-0.15, -0.1) is 0 Å². The van der Waals surface area contributed by atoms with Crippen LogP contribution in [-0.4, -0.2) is 11.0 Å². The summed E-state index contributed by atoms with van der Waals surface area (Å²) in [7, 11) is 0. The molecular weight excluding hydrogens is 196 g/mol. The largest absolute Gasteiger partial charge is 1.00 e. The molecule has 0 saturated carbocycles. The monoisotopic (exact) mass is 207 g/mol. The standard InChI is InChI=1S/C7H6FNO2.C2H6.Na/c8-5-2-1-3-9-6(5)4-7(10)11;1-2;/h1-3H,4H2,(H,10,11);1-2H3;/q;;+1/p-1. The zero-order valence-electron chi connectivity index (χ0n) is 8.58. The van der Waals surface area contributed by atoms with E-state index in [1.807, 2.05) is 13.8 Å². The molecule has 0 aromatic carbocycles. The Kier molecular flexibility index (Phi) is 10.4. The molecule has 1 rings (SSSR count). The van der Waals surface area contributed by atoms with Gasteiger partial charge in [-0.3, -0.25) is 4.98 Å². The van der Waals surface area contributed by atoms with Gasteiger partial charge in [-0.1, -0.05) is 13.8 Å². The first-order valence-corrected chi connectivity index (χ1v) is 3.99. The van der Waals surface area contributed by atoms with Gasteiger partial charge in [0, 0.05) is 18.6 Å². The summed E-state index contributed by atoms with van der Waals surface area (Å²) in [5, 5.41) is 10.0. The predicted octanol–water partition coefficient (Wildman–Crippen LogP) is -2.46. The molecule has 0 aliphatic heterocycles. The van der Waals surface area contributed by atoms with Crippen molar-refractivity contribution in [2.24, 2.45) is 0 Å². The maximum Gasteiger partial charge on any atom is 1.00 e. The average molecular weight is 207 g/mol. The number of hydrogen-bond acceptors (Lipinski definition) is 3. The normalized spacial score (nSPS) is 7.93. The molecule has 0 aliphatic carbocycles. The van der Waals surface area contributed by atoms with Crippen molar-refractivity contribution in [2.75, 3.05) is 0 Å². The van der Waals surface area contributed by atoms with Crippen molar-refractivity contribution in [3.05, 3.63) is 29.8 Å².